The Kier molecular flexibility index (Phi) is 9.99. The number of esters is 1. The number of hydrogen-bond donors (Lipinski definition) is 1. The van der Waals surface area contributed by atoms with Gasteiger partial charge in [0.2, 0.25) is 0 Å². The molecule has 1 N–H and O–H groups in total. The Morgan fingerprint density at radius 1 is 0.929 bits per heavy atom. The van der Waals surface area contributed by atoms with E-state index in [1.807, 2.05) is 4.90 Å². The van der Waals surface area contributed by atoms with E-state index in [9.17, 15) is 24.3 Å². The molecule has 2 aromatic carbocycles. The topological polar surface area (TPSA) is 155 Å². The summed E-state index contributed by atoms with van der Waals surface area (Å²) in [6.45, 7) is 1.48. The van der Waals surface area contributed by atoms with Crippen LogP contribution < -0.4 is 20.6 Å². The van der Waals surface area contributed by atoms with Crippen LogP contribution in [0.2, 0.25) is 0 Å². The number of methoxy groups -OCH3 is 3. The quantitative estimate of drug-likeness (QED) is 0.235. The second-order valence-corrected chi connectivity index (χ2v) is 9.58. The Labute approximate surface area is 240 Å². The summed E-state index contributed by atoms with van der Waals surface area (Å²) >= 11 is 0. The van der Waals surface area contributed by atoms with Crippen molar-refractivity contribution in [3.63, 3.8) is 0 Å². The number of aldehydes is 1. The number of carbonyl (C=O) groups excluding carboxylic acids is 2. The second-order valence-electron chi connectivity index (χ2n) is 9.58. The highest BCUT2D eigenvalue weighted by molar-refractivity contribution is 5.78. The Bertz CT molecular complexity index is 1680. The minimum atomic E-state index is -0.510. The summed E-state index contributed by atoms with van der Waals surface area (Å²) in [5.74, 6) is 0.907. The van der Waals surface area contributed by atoms with Gasteiger partial charge in [0.1, 0.15) is 23.8 Å². The Morgan fingerprint density at radius 3 is 2.05 bits per heavy atom. The molecule has 2 unspecified atom stereocenters. The molecule has 1 aliphatic heterocycles. The van der Waals surface area contributed by atoms with Crippen molar-refractivity contribution in [3.05, 3.63) is 69.5 Å². The number of fused-ring (bicyclic) bond motifs is 2. The van der Waals surface area contributed by atoms with Crippen molar-refractivity contribution in [3.8, 4) is 11.5 Å². The SMILES string of the molecule is COC(=O)C1CC(O)CCN1CCn1c(=O)cnc2ccc(OC)cc21.COc1ccc2ncc(=O)n(CC=O)c2c1. The van der Waals surface area contributed by atoms with Gasteiger partial charge in [-0.1, -0.05) is 0 Å². The summed E-state index contributed by atoms with van der Waals surface area (Å²) in [4.78, 5) is 56.5. The highest BCUT2D eigenvalue weighted by Crippen LogP contribution is 2.21. The number of benzene rings is 2. The van der Waals surface area contributed by atoms with Crippen molar-refractivity contribution in [2.75, 3.05) is 34.4 Å². The predicted molar refractivity (Wildman–Crippen MR) is 154 cm³/mol. The average molecular weight is 580 g/mol. The minimum Gasteiger partial charge on any atom is -0.497 e. The molecular weight excluding hydrogens is 546 g/mol. The molecule has 4 aromatic rings. The Balaban J connectivity index is 0.000000216. The maximum absolute atomic E-state index is 12.3. The van der Waals surface area contributed by atoms with Crippen molar-refractivity contribution in [1.82, 2.24) is 24.0 Å². The van der Waals surface area contributed by atoms with E-state index in [0.29, 0.717) is 72.3 Å². The first-order chi connectivity index (χ1) is 20.3. The standard InChI is InChI=1S/C18H23N3O5.C11H10N2O3/c1-25-13-3-4-14-15(10-13)21(17(23)11-19-14)8-7-20-6-5-12(22)9-16(20)18(24)26-2;1-16-8-2-3-9-10(6-8)13(4-5-14)11(15)7-12-9/h3-4,10-12,16,22H,5-9H2,1-2H3;2-3,5-7H,4H2,1H3. The summed E-state index contributed by atoms with van der Waals surface area (Å²) in [5.41, 5.74) is 2.12. The maximum Gasteiger partial charge on any atom is 0.323 e. The fourth-order valence-corrected chi connectivity index (χ4v) is 4.90. The molecule has 0 saturated carbocycles. The molecular formula is C29H33N5O8. The van der Waals surface area contributed by atoms with E-state index in [1.165, 1.54) is 24.1 Å². The van der Waals surface area contributed by atoms with Gasteiger partial charge in [-0.05, 0) is 37.1 Å². The third kappa shape index (κ3) is 6.81. The number of piperidine rings is 1. The van der Waals surface area contributed by atoms with E-state index >= 15 is 0 Å². The number of aromatic nitrogens is 4. The predicted octanol–water partition coefficient (Wildman–Crippen LogP) is 1.01. The average Bonchev–Trinajstić information content (AvgIpc) is 3.01. The van der Waals surface area contributed by atoms with Crippen molar-refractivity contribution >= 4 is 34.3 Å². The normalized spacial score (nSPS) is 16.9. The van der Waals surface area contributed by atoms with Crippen LogP contribution in [0, 0.1) is 0 Å². The summed E-state index contributed by atoms with van der Waals surface area (Å²) in [5, 5.41) is 9.86. The fraction of sp³-hybridized carbons (Fsp3) is 0.379. The smallest absolute Gasteiger partial charge is 0.323 e. The lowest BCUT2D eigenvalue weighted by Crippen LogP contribution is -2.50. The first-order valence-electron chi connectivity index (χ1n) is 13.3. The fourth-order valence-electron chi connectivity index (χ4n) is 4.90. The molecule has 0 amide bonds. The molecule has 0 bridgehead atoms. The van der Waals surface area contributed by atoms with Gasteiger partial charge in [0.05, 0.1) is 68.4 Å². The van der Waals surface area contributed by atoms with Gasteiger partial charge in [-0.25, -0.2) is 9.97 Å². The van der Waals surface area contributed by atoms with Gasteiger partial charge in [0.25, 0.3) is 11.1 Å². The number of carbonyl (C=O) groups is 2. The number of aliphatic hydroxyl groups excluding tert-OH is 1. The van der Waals surface area contributed by atoms with Crippen LogP contribution in [0.5, 0.6) is 11.5 Å². The molecule has 222 valence electrons. The molecule has 0 spiro atoms. The van der Waals surface area contributed by atoms with Crippen LogP contribution in [0.1, 0.15) is 12.8 Å². The monoisotopic (exact) mass is 579 g/mol. The third-order valence-corrected chi connectivity index (χ3v) is 7.13. The molecule has 5 rings (SSSR count). The molecule has 13 heteroatoms. The van der Waals surface area contributed by atoms with E-state index in [-0.39, 0.29) is 23.6 Å². The van der Waals surface area contributed by atoms with Crippen LogP contribution in [0.25, 0.3) is 22.1 Å². The number of ether oxygens (including phenoxy) is 3. The number of aliphatic hydroxyl groups is 1. The summed E-state index contributed by atoms with van der Waals surface area (Å²) in [7, 11) is 4.45. The van der Waals surface area contributed by atoms with Crippen molar-refractivity contribution in [1.29, 1.82) is 0 Å². The van der Waals surface area contributed by atoms with E-state index in [2.05, 4.69) is 9.97 Å². The highest BCUT2D eigenvalue weighted by atomic mass is 16.5. The van der Waals surface area contributed by atoms with Gasteiger partial charge >= 0.3 is 5.97 Å². The van der Waals surface area contributed by atoms with Gasteiger partial charge in [-0.15, -0.1) is 0 Å². The highest BCUT2D eigenvalue weighted by Gasteiger charge is 2.33. The molecule has 42 heavy (non-hydrogen) atoms. The zero-order chi connectivity index (χ0) is 30.2. The van der Waals surface area contributed by atoms with Gasteiger partial charge in [0.15, 0.2) is 0 Å². The van der Waals surface area contributed by atoms with Gasteiger partial charge < -0.3 is 28.7 Å². The Morgan fingerprint density at radius 2 is 1.50 bits per heavy atom. The van der Waals surface area contributed by atoms with Crippen molar-refractivity contribution < 1.29 is 28.9 Å². The van der Waals surface area contributed by atoms with E-state index < -0.39 is 12.1 Å². The lowest BCUT2D eigenvalue weighted by atomic mass is 9.99. The molecule has 2 atom stereocenters. The molecule has 1 saturated heterocycles. The first-order valence-corrected chi connectivity index (χ1v) is 13.3. The number of rotatable bonds is 8. The van der Waals surface area contributed by atoms with E-state index in [4.69, 9.17) is 14.2 Å². The first kappa shape index (κ1) is 30.3. The summed E-state index contributed by atoms with van der Waals surface area (Å²) in [6.07, 6.45) is 3.61. The number of hydrogen-bond acceptors (Lipinski definition) is 11. The van der Waals surface area contributed by atoms with Crippen LogP contribution in [0.3, 0.4) is 0 Å². The van der Waals surface area contributed by atoms with Crippen LogP contribution in [0.4, 0.5) is 0 Å². The minimum absolute atomic E-state index is 0.0189. The van der Waals surface area contributed by atoms with E-state index in [1.54, 1.807) is 55.2 Å². The molecule has 2 aromatic heterocycles. The zero-order valence-electron chi connectivity index (χ0n) is 23.6. The third-order valence-electron chi connectivity index (χ3n) is 7.13. The number of likely N-dealkylation sites (tertiary alicyclic amines) is 1. The van der Waals surface area contributed by atoms with Crippen LogP contribution >= 0.6 is 0 Å². The lowest BCUT2D eigenvalue weighted by molar-refractivity contribution is -0.150. The maximum atomic E-state index is 12.3. The van der Waals surface area contributed by atoms with Crippen molar-refractivity contribution in [2.24, 2.45) is 0 Å². The zero-order valence-corrected chi connectivity index (χ0v) is 23.6. The van der Waals surface area contributed by atoms with Crippen LogP contribution in [0.15, 0.2) is 58.4 Å². The van der Waals surface area contributed by atoms with Gasteiger partial charge in [-0.3, -0.25) is 23.9 Å². The second kappa shape index (κ2) is 13.8. The summed E-state index contributed by atoms with van der Waals surface area (Å²) in [6, 6.07) is 10.1. The molecule has 3 heterocycles. The Hall–Kier alpha value is -4.62. The lowest BCUT2D eigenvalue weighted by Gasteiger charge is -2.36. The van der Waals surface area contributed by atoms with Gasteiger partial charge in [-0.2, -0.15) is 0 Å². The largest absolute Gasteiger partial charge is 0.497 e. The molecule has 13 nitrogen and oxygen atoms in total. The number of nitrogens with zero attached hydrogens (tertiary/aromatic N) is 5. The van der Waals surface area contributed by atoms with Crippen LogP contribution in [-0.4, -0.2) is 87.9 Å². The van der Waals surface area contributed by atoms with Gasteiger partial charge in [0, 0.05) is 31.8 Å². The molecule has 1 fully saturated rings. The molecule has 1 aliphatic rings. The molecule has 0 aliphatic carbocycles. The van der Waals surface area contributed by atoms with Crippen LogP contribution in [-0.2, 0) is 27.4 Å². The van der Waals surface area contributed by atoms with Crippen molar-refractivity contribution in [2.45, 2.75) is 38.1 Å². The molecule has 0 radical (unpaired) electrons. The van der Waals surface area contributed by atoms with E-state index in [0.717, 1.165) is 0 Å². The summed E-state index contributed by atoms with van der Waals surface area (Å²) < 4.78 is 18.2.